The summed E-state index contributed by atoms with van der Waals surface area (Å²) in [6, 6.07) is 26.1. The first-order chi connectivity index (χ1) is 14.7. The second-order valence-electron chi connectivity index (χ2n) is 7.34. The second kappa shape index (κ2) is 9.37. The minimum Gasteiger partial charge on any atom is -0.436 e. The first kappa shape index (κ1) is 20.5. The zero-order valence-corrected chi connectivity index (χ0v) is 17.7. The highest BCUT2D eigenvalue weighted by molar-refractivity contribution is 7.99. The second-order valence-corrected chi connectivity index (χ2v) is 8.43. The van der Waals surface area contributed by atoms with E-state index in [1.165, 1.54) is 0 Å². The smallest absolute Gasteiger partial charge is 0.410 e. The van der Waals surface area contributed by atoms with E-state index in [4.69, 9.17) is 4.74 Å². The lowest BCUT2D eigenvalue weighted by atomic mass is 10.1. The fourth-order valence-electron chi connectivity index (χ4n) is 3.82. The van der Waals surface area contributed by atoms with E-state index in [9.17, 15) is 9.90 Å². The van der Waals surface area contributed by atoms with E-state index >= 15 is 0 Å². The van der Waals surface area contributed by atoms with Gasteiger partial charge in [-0.2, -0.15) is 0 Å². The third kappa shape index (κ3) is 4.23. The normalized spacial score (nSPS) is 13.4. The maximum atomic E-state index is 13.1. The molecular weight excluding hydrogens is 394 g/mol. The van der Waals surface area contributed by atoms with Crippen molar-refractivity contribution in [2.24, 2.45) is 0 Å². The number of hydrogen-bond acceptors (Lipinski definition) is 4. The third-order valence-electron chi connectivity index (χ3n) is 5.48. The van der Waals surface area contributed by atoms with Crippen LogP contribution in [0, 0.1) is 0 Å². The lowest BCUT2D eigenvalue weighted by Gasteiger charge is -2.28. The Labute approximate surface area is 181 Å². The molecule has 0 bridgehead atoms. The molecule has 4 nitrogen and oxygen atoms in total. The van der Waals surface area contributed by atoms with Crippen LogP contribution in [-0.4, -0.2) is 41.5 Å². The number of rotatable bonds is 7. The Kier molecular flexibility index (Phi) is 6.41. The highest BCUT2D eigenvalue weighted by atomic mass is 32.2. The lowest BCUT2D eigenvalue weighted by Crippen LogP contribution is -2.40. The third-order valence-corrected chi connectivity index (χ3v) is 6.64. The van der Waals surface area contributed by atoms with E-state index < -0.39 is 6.10 Å². The van der Waals surface area contributed by atoms with Crippen LogP contribution in [0.25, 0.3) is 11.1 Å². The number of carbonyl (C=O) groups excluding carboxylic acids is 1. The summed E-state index contributed by atoms with van der Waals surface area (Å²) in [7, 11) is 1.75. The van der Waals surface area contributed by atoms with Crippen LogP contribution in [-0.2, 0) is 4.74 Å². The average molecular weight is 420 g/mol. The Morgan fingerprint density at radius 1 is 0.967 bits per heavy atom. The van der Waals surface area contributed by atoms with Crippen molar-refractivity contribution in [2.75, 3.05) is 19.4 Å². The molecule has 3 aromatic rings. The number of nitrogens with zero attached hydrogens (tertiary/aromatic N) is 1. The first-order valence-electron chi connectivity index (χ1n) is 10.1. The molecule has 1 N–H and O–H groups in total. The molecule has 30 heavy (non-hydrogen) atoms. The zero-order valence-electron chi connectivity index (χ0n) is 16.9. The summed E-state index contributed by atoms with van der Waals surface area (Å²) in [6.45, 7) is 0.0206. The Balaban J connectivity index is 1.49. The molecule has 1 amide bonds. The SMILES string of the molecule is CN(C(=O)OC1c2ccccc2-c2ccccc21)C(CCO)CSc1ccccc1. The van der Waals surface area contributed by atoms with Gasteiger partial charge in [-0.1, -0.05) is 66.7 Å². The van der Waals surface area contributed by atoms with Gasteiger partial charge in [0, 0.05) is 41.5 Å². The molecule has 1 aliphatic rings. The molecule has 0 aromatic heterocycles. The molecule has 0 saturated heterocycles. The predicted octanol–water partition coefficient (Wildman–Crippen LogP) is 5.37. The minimum atomic E-state index is -0.413. The molecule has 0 heterocycles. The molecule has 5 heteroatoms. The van der Waals surface area contributed by atoms with Gasteiger partial charge in [-0.05, 0) is 29.7 Å². The zero-order chi connectivity index (χ0) is 20.9. The van der Waals surface area contributed by atoms with Gasteiger partial charge in [-0.3, -0.25) is 0 Å². The number of ether oxygens (including phenoxy) is 1. The Hall–Kier alpha value is -2.76. The monoisotopic (exact) mass is 419 g/mol. The number of thioether (sulfide) groups is 1. The average Bonchev–Trinajstić information content (AvgIpc) is 3.11. The summed E-state index contributed by atoms with van der Waals surface area (Å²) in [4.78, 5) is 15.8. The van der Waals surface area contributed by atoms with Crippen LogP contribution in [0.3, 0.4) is 0 Å². The summed E-state index contributed by atoms with van der Waals surface area (Å²) in [5.41, 5.74) is 4.25. The molecule has 0 spiro atoms. The summed E-state index contributed by atoms with van der Waals surface area (Å²) in [5.74, 6) is 0.689. The Bertz CT molecular complexity index is 963. The van der Waals surface area contributed by atoms with Crippen LogP contribution in [0.15, 0.2) is 83.8 Å². The molecule has 4 rings (SSSR count). The molecule has 3 aromatic carbocycles. The Morgan fingerprint density at radius 3 is 2.13 bits per heavy atom. The number of carbonyl (C=O) groups is 1. The van der Waals surface area contributed by atoms with Crippen molar-refractivity contribution in [2.45, 2.75) is 23.5 Å². The van der Waals surface area contributed by atoms with Gasteiger partial charge in [-0.15, -0.1) is 11.8 Å². The van der Waals surface area contributed by atoms with Gasteiger partial charge in [0.05, 0.1) is 0 Å². The molecule has 0 fully saturated rings. The highest BCUT2D eigenvalue weighted by Gasteiger charge is 2.33. The molecule has 0 saturated carbocycles. The van der Waals surface area contributed by atoms with Gasteiger partial charge >= 0.3 is 6.09 Å². The van der Waals surface area contributed by atoms with Crippen molar-refractivity contribution in [1.29, 1.82) is 0 Å². The van der Waals surface area contributed by atoms with Gasteiger partial charge in [0.15, 0.2) is 6.10 Å². The number of aliphatic hydroxyl groups excluding tert-OH is 1. The van der Waals surface area contributed by atoms with E-state index in [1.54, 1.807) is 23.7 Å². The van der Waals surface area contributed by atoms with Crippen LogP contribution in [0.4, 0.5) is 4.79 Å². The fourth-order valence-corrected chi connectivity index (χ4v) is 4.94. The van der Waals surface area contributed by atoms with E-state index in [2.05, 4.69) is 12.1 Å². The molecule has 0 aliphatic heterocycles. The van der Waals surface area contributed by atoms with Gasteiger partial charge in [0.2, 0.25) is 0 Å². The molecule has 1 aliphatic carbocycles. The van der Waals surface area contributed by atoms with Gasteiger partial charge in [-0.25, -0.2) is 4.79 Å². The summed E-state index contributed by atoms with van der Waals surface area (Å²) in [6.07, 6.45) is -0.286. The predicted molar refractivity (Wildman–Crippen MR) is 121 cm³/mol. The van der Waals surface area contributed by atoms with Crippen LogP contribution >= 0.6 is 11.8 Å². The van der Waals surface area contributed by atoms with Crippen molar-refractivity contribution >= 4 is 17.9 Å². The fraction of sp³-hybridized carbons (Fsp3) is 0.240. The highest BCUT2D eigenvalue weighted by Crippen LogP contribution is 2.45. The number of hydrogen-bond donors (Lipinski definition) is 1. The largest absolute Gasteiger partial charge is 0.436 e. The number of benzene rings is 3. The summed E-state index contributed by atoms with van der Waals surface area (Å²) >= 11 is 1.67. The van der Waals surface area contributed by atoms with Crippen molar-refractivity contribution in [3.05, 3.63) is 90.0 Å². The van der Waals surface area contributed by atoms with E-state index in [0.29, 0.717) is 12.2 Å². The lowest BCUT2D eigenvalue weighted by molar-refractivity contribution is 0.0732. The molecule has 0 radical (unpaired) electrons. The summed E-state index contributed by atoms with van der Waals surface area (Å²) < 4.78 is 6.00. The van der Waals surface area contributed by atoms with Gasteiger partial charge in [0.25, 0.3) is 0 Å². The van der Waals surface area contributed by atoms with Crippen molar-refractivity contribution in [1.82, 2.24) is 4.90 Å². The van der Waals surface area contributed by atoms with Crippen LogP contribution in [0.5, 0.6) is 0 Å². The number of aliphatic hydroxyl groups is 1. The maximum absolute atomic E-state index is 13.1. The van der Waals surface area contributed by atoms with Crippen molar-refractivity contribution in [3.63, 3.8) is 0 Å². The van der Waals surface area contributed by atoms with Crippen LogP contribution in [0.1, 0.15) is 23.7 Å². The number of amides is 1. The van der Waals surface area contributed by atoms with Gasteiger partial charge < -0.3 is 14.7 Å². The maximum Gasteiger partial charge on any atom is 0.410 e. The standard InChI is InChI=1S/C25H25NO3S/c1-26(18(15-16-27)17-30-19-9-3-2-4-10-19)25(28)29-24-22-13-7-5-11-20(22)21-12-6-8-14-23(21)24/h2-14,18,24,27H,15-17H2,1H3. The van der Waals surface area contributed by atoms with Crippen molar-refractivity contribution < 1.29 is 14.6 Å². The molecule has 154 valence electrons. The molecule has 1 atom stereocenters. The topological polar surface area (TPSA) is 49.8 Å². The van der Waals surface area contributed by atoms with E-state index in [1.807, 2.05) is 66.7 Å². The van der Waals surface area contributed by atoms with Crippen LogP contribution in [0.2, 0.25) is 0 Å². The Morgan fingerprint density at radius 2 is 1.53 bits per heavy atom. The summed E-state index contributed by atoms with van der Waals surface area (Å²) in [5, 5.41) is 9.52. The quantitative estimate of drug-likeness (QED) is 0.523. The molecular formula is C25H25NO3S. The van der Waals surface area contributed by atoms with E-state index in [-0.39, 0.29) is 18.7 Å². The minimum absolute atomic E-state index is 0.0206. The van der Waals surface area contributed by atoms with Crippen molar-refractivity contribution in [3.8, 4) is 11.1 Å². The first-order valence-corrected chi connectivity index (χ1v) is 11.1. The van der Waals surface area contributed by atoms with E-state index in [0.717, 1.165) is 27.1 Å². The molecule has 1 unspecified atom stereocenters. The van der Waals surface area contributed by atoms with Gasteiger partial charge in [0.1, 0.15) is 0 Å². The number of fused-ring (bicyclic) bond motifs is 3. The van der Waals surface area contributed by atoms with Crippen LogP contribution < -0.4 is 0 Å².